The number of carbonyl (C=O) groups excluding carboxylic acids is 1. The summed E-state index contributed by atoms with van der Waals surface area (Å²) in [7, 11) is 0. The van der Waals surface area contributed by atoms with Crippen molar-refractivity contribution in [3.8, 4) is 0 Å². The number of aryl methyl sites for hydroxylation is 1. The Bertz CT molecular complexity index is 461. The van der Waals surface area contributed by atoms with E-state index >= 15 is 0 Å². The number of halogens is 1. The normalized spacial score (nSPS) is 23.1. The van der Waals surface area contributed by atoms with Crippen molar-refractivity contribution in [1.29, 1.82) is 0 Å². The highest BCUT2D eigenvalue weighted by molar-refractivity contribution is 14.1. The molecule has 1 aliphatic carbocycles. The van der Waals surface area contributed by atoms with Crippen LogP contribution in [0, 0.1) is 16.4 Å². The van der Waals surface area contributed by atoms with Crippen LogP contribution >= 0.6 is 22.6 Å². The molecule has 0 bridgehead atoms. The summed E-state index contributed by atoms with van der Waals surface area (Å²) in [6.45, 7) is 2.17. The van der Waals surface area contributed by atoms with Gasteiger partial charge in [0.25, 0.3) is 5.91 Å². The molecule has 3 nitrogen and oxygen atoms in total. The molecule has 1 aliphatic rings. The molecule has 2 N–H and O–H groups in total. The van der Waals surface area contributed by atoms with Gasteiger partial charge < -0.3 is 10.4 Å². The van der Waals surface area contributed by atoms with E-state index in [-0.39, 0.29) is 24.5 Å². The van der Waals surface area contributed by atoms with Gasteiger partial charge in [0.2, 0.25) is 0 Å². The molecular formula is C15H20INO2. The molecule has 4 heteroatoms. The average Bonchev–Trinajstić information content (AvgIpc) is 2.42. The van der Waals surface area contributed by atoms with Gasteiger partial charge in [0.15, 0.2) is 0 Å². The van der Waals surface area contributed by atoms with Crippen LogP contribution in [0.3, 0.4) is 0 Å². The maximum atomic E-state index is 12.3. The first-order valence-corrected chi connectivity index (χ1v) is 7.88. The summed E-state index contributed by atoms with van der Waals surface area (Å²) in [6.07, 6.45) is 4.26. The fourth-order valence-electron chi connectivity index (χ4n) is 2.69. The maximum Gasteiger partial charge on any atom is 0.252 e. The Kier molecular flexibility index (Phi) is 5.21. The Morgan fingerprint density at radius 3 is 2.89 bits per heavy atom. The molecule has 1 aromatic carbocycles. The molecule has 19 heavy (non-hydrogen) atoms. The highest BCUT2D eigenvalue weighted by atomic mass is 127. The van der Waals surface area contributed by atoms with Gasteiger partial charge in [-0.05, 0) is 54.0 Å². The molecule has 1 aromatic rings. The molecule has 2 atom stereocenters. The third kappa shape index (κ3) is 3.48. The van der Waals surface area contributed by atoms with Crippen LogP contribution in [0.25, 0.3) is 0 Å². The van der Waals surface area contributed by atoms with Gasteiger partial charge in [-0.15, -0.1) is 0 Å². The van der Waals surface area contributed by atoms with Gasteiger partial charge in [0, 0.05) is 22.1 Å². The van der Waals surface area contributed by atoms with Gasteiger partial charge in [0.1, 0.15) is 0 Å². The smallest absolute Gasteiger partial charge is 0.252 e. The van der Waals surface area contributed by atoms with Gasteiger partial charge in [-0.3, -0.25) is 4.79 Å². The number of rotatable bonds is 3. The number of aliphatic hydroxyl groups is 1. The summed E-state index contributed by atoms with van der Waals surface area (Å²) in [4.78, 5) is 12.3. The zero-order valence-corrected chi connectivity index (χ0v) is 13.3. The number of nitrogens with one attached hydrogen (secondary N) is 1. The Morgan fingerprint density at radius 2 is 2.16 bits per heavy atom. The van der Waals surface area contributed by atoms with Crippen molar-refractivity contribution in [2.45, 2.75) is 38.6 Å². The Labute approximate surface area is 127 Å². The second-order valence-electron chi connectivity index (χ2n) is 5.24. The van der Waals surface area contributed by atoms with Crippen LogP contribution in [0.1, 0.15) is 41.6 Å². The molecule has 1 fully saturated rings. The molecule has 0 saturated heterocycles. The van der Waals surface area contributed by atoms with Crippen LogP contribution in [0.2, 0.25) is 0 Å². The number of amides is 1. The molecule has 1 saturated carbocycles. The summed E-state index contributed by atoms with van der Waals surface area (Å²) >= 11 is 2.22. The molecule has 2 unspecified atom stereocenters. The largest absolute Gasteiger partial charge is 0.396 e. The van der Waals surface area contributed by atoms with Gasteiger partial charge in [-0.25, -0.2) is 0 Å². The zero-order valence-electron chi connectivity index (χ0n) is 11.2. The summed E-state index contributed by atoms with van der Waals surface area (Å²) in [6, 6.07) is 5.90. The highest BCUT2D eigenvalue weighted by Crippen LogP contribution is 2.25. The first-order chi connectivity index (χ1) is 9.13. The summed E-state index contributed by atoms with van der Waals surface area (Å²) < 4.78 is 1.01. The standard InChI is InChI=1S/C15H20INO2/c1-10-5-4-7-12(14(10)16)15(19)17-13-8-3-2-6-11(13)9-18/h4-5,7,11,13,18H,2-3,6,8-9H2,1H3,(H,17,19). The first kappa shape index (κ1) is 14.8. The van der Waals surface area contributed by atoms with E-state index < -0.39 is 0 Å². The van der Waals surface area contributed by atoms with Crippen molar-refractivity contribution in [2.75, 3.05) is 6.61 Å². The van der Waals surface area contributed by atoms with Crippen molar-refractivity contribution >= 4 is 28.5 Å². The van der Waals surface area contributed by atoms with Crippen LogP contribution in [0.15, 0.2) is 18.2 Å². The molecule has 1 amide bonds. The topological polar surface area (TPSA) is 49.3 Å². The third-order valence-corrected chi connectivity index (χ3v) is 5.33. The lowest BCUT2D eigenvalue weighted by Gasteiger charge is -2.31. The lowest BCUT2D eigenvalue weighted by atomic mass is 9.85. The number of benzene rings is 1. The van der Waals surface area contributed by atoms with Gasteiger partial charge in [-0.1, -0.05) is 25.0 Å². The SMILES string of the molecule is Cc1cccc(C(=O)NC2CCCCC2CO)c1I. The van der Waals surface area contributed by atoms with Crippen LogP contribution < -0.4 is 5.32 Å². The molecule has 2 rings (SSSR count). The third-order valence-electron chi connectivity index (χ3n) is 3.90. The zero-order chi connectivity index (χ0) is 13.8. The number of hydrogen-bond acceptors (Lipinski definition) is 2. The lowest BCUT2D eigenvalue weighted by Crippen LogP contribution is -2.43. The van der Waals surface area contributed by atoms with E-state index in [1.165, 1.54) is 0 Å². The highest BCUT2D eigenvalue weighted by Gasteiger charge is 2.26. The van der Waals surface area contributed by atoms with Crippen LogP contribution in [0.4, 0.5) is 0 Å². The van der Waals surface area contributed by atoms with Crippen LogP contribution in [0.5, 0.6) is 0 Å². The van der Waals surface area contributed by atoms with Crippen molar-refractivity contribution in [3.63, 3.8) is 0 Å². The van der Waals surface area contributed by atoms with E-state index in [0.29, 0.717) is 0 Å². The van der Waals surface area contributed by atoms with Crippen molar-refractivity contribution in [2.24, 2.45) is 5.92 Å². The molecular weight excluding hydrogens is 353 g/mol. The van der Waals surface area contributed by atoms with E-state index in [2.05, 4.69) is 27.9 Å². The number of carbonyl (C=O) groups is 1. The number of aliphatic hydroxyl groups excluding tert-OH is 1. The van der Waals surface area contributed by atoms with E-state index in [1.807, 2.05) is 25.1 Å². The summed E-state index contributed by atoms with van der Waals surface area (Å²) in [5.41, 5.74) is 1.86. The minimum Gasteiger partial charge on any atom is -0.396 e. The van der Waals surface area contributed by atoms with E-state index in [0.717, 1.165) is 40.4 Å². The second kappa shape index (κ2) is 6.70. The fraction of sp³-hybridized carbons (Fsp3) is 0.533. The first-order valence-electron chi connectivity index (χ1n) is 6.80. The Hall–Kier alpha value is -0.620. The van der Waals surface area contributed by atoms with Gasteiger partial charge >= 0.3 is 0 Å². The van der Waals surface area contributed by atoms with Crippen molar-refractivity contribution in [3.05, 3.63) is 32.9 Å². The van der Waals surface area contributed by atoms with Crippen LogP contribution in [-0.2, 0) is 0 Å². The molecule has 0 aliphatic heterocycles. The lowest BCUT2D eigenvalue weighted by molar-refractivity contribution is 0.0871. The molecule has 0 radical (unpaired) electrons. The summed E-state index contributed by atoms with van der Waals surface area (Å²) in [5.74, 6) is 0.193. The predicted molar refractivity (Wildman–Crippen MR) is 84.2 cm³/mol. The monoisotopic (exact) mass is 373 g/mol. The summed E-state index contributed by atoms with van der Waals surface area (Å²) in [5, 5.41) is 12.5. The number of hydrogen-bond donors (Lipinski definition) is 2. The van der Waals surface area contributed by atoms with E-state index in [1.54, 1.807) is 0 Å². The van der Waals surface area contributed by atoms with E-state index in [9.17, 15) is 9.90 Å². The molecule has 0 aromatic heterocycles. The Morgan fingerprint density at radius 1 is 1.42 bits per heavy atom. The quantitative estimate of drug-likeness (QED) is 0.801. The predicted octanol–water partition coefficient (Wildman–Crippen LogP) is 2.88. The second-order valence-corrected chi connectivity index (χ2v) is 6.32. The minimum absolute atomic E-state index is 0.0153. The van der Waals surface area contributed by atoms with Crippen LogP contribution in [-0.4, -0.2) is 23.7 Å². The van der Waals surface area contributed by atoms with Crippen molar-refractivity contribution in [1.82, 2.24) is 5.32 Å². The van der Waals surface area contributed by atoms with Crippen molar-refractivity contribution < 1.29 is 9.90 Å². The molecule has 0 heterocycles. The maximum absolute atomic E-state index is 12.3. The molecule has 0 spiro atoms. The fourth-order valence-corrected chi connectivity index (χ4v) is 3.29. The van der Waals surface area contributed by atoms with E-state index in [4.69, 9.17) is 0 Å². The Balaban J connectivity index is 2.09. The minimum atomic E-state index is -0.0153. The van der Waals surface area contributed by atoms with Gasteiger partial charge in [-0.2, -0.15) is 0 Å². The average molecular weight is 373 g/mol. The van der Waals surface area contributed by atoms with Gasteiger partial charge in [0.05, 0.1) is 5.56 Å². The molecule has 104 valence electrons.